The van der Waals surface area contributed by atoms with Gasteiger partial charge in [0.2, 0.25) is 6.35 Å². The first-order chi connectivity index (χ1) is 13.5. The second-order valence-electron chi connectivity index (χ2n) is 7.18. The standard InChI is InChI=1S/C22H24N4O2/c1-3-15-9-10-18-17(13-15)23-19-20(24-22(28)25-21(19)27)26(18)11-5-8-16-7-4-6-14(2)12-16/h4,6-7,9-10,12-13,22,28H,3,5,8,11H2,1-2H3,(H,25,27). The Balaban J connectivity index is 1.64. The molecule has 0 saturated carbocycles. The number of benzene rings is 2. The van der Waals surface area contributed by atoms with Crippen molar-refractivity contribution >= 4 is 28.8 Å². The third-order valence-electron chi connectivity index (χ3n) is 5.09. The number of anilines is 1. The largest absolute Gasteiger partial charge is 0.355 e. The molecule has 6 nitrogen and oxygen atoms in total. The monoisotopic (exact) mass is 376 g/mol. The van der Waals surface area contributed by atoms with Gasteiger partial charge in [-0.1, -0.05) is 42.8 Å². The lowest BCUT2D eigenvalue weighted by Gasteiger charge is -2.34. The fourth-order valence-electron chi connectivity index (χ4n) is 3.67. The maximum absolute atomic E-state index is 12.4. The van der Waals surface area contributed by atoms with Crippen molar-refractivity contribution in [2.45, 2.75) is 39.5 Å². The van der Waals surface area contributed by atoms with Gasteiger partial charge in [0.1, 0.15) is 0 Å². The molecule has 2 aromatic carbocycles. The van der Waals surface area contributed by atoms with E-state index in [0.29, 0.717) is 12.4 Å². The van der Waals surface area contributed by atoms with Crippen LogP contribution in [0.2, 0.25) is 0 Å². The second kappa shape index (κ2) is 7.56. The molecule has 2 N–H and O–H groups in total. The average molecular weight is 376 g/mol. The molecule has 0 spiro atoms. The van der Waals surface area contributed by atoms with Crippen LogP contribution in [0.3, 0.4) is 0 Å². The molecule has 0 aromatic heterocycles. The van der Waals surface area contributed by atoms with Crippen molar-refractivity contribution in [2.24, 2.45) is 9.98 Å². The van der Waals surface area contributed by atoms with Crippen LogP contribution in [0, 0.1) is 6.92 Å². The number of nitrogens with zero attached hydrogens (tertiary/aromatic N) is 3. The second-order valence-corrected chi connectivity index (χ2v) is 7.18. The van der Waals surface area contributed by atoms with Gasteiger partial charge in [-0.25, -0.2) is 9.98 Å². The maximum Gasteiger partial charge on any atom is 0.277 e. The molecule has 28 heavy (non-hydrogen) atoms. The molecule has 1 unspecified atom stereocenters. The molecule has 0 fully saturated rings. The summed E-state index contributed by atoms with van der Waals surface area (Å²) < 4.78 is 0. The SMILES string of the molecule is CCc1ccc2c(c1)N=C1C(=O)NC(O)N=C1N2CCCc1cccc(C)c1. The number of aliphatic hydroxyl groups is 1. The molecule has 2 aliphatic heterocycles. The highest BCUT2D eigenvalue weighted by Gasteiger charge is 2.34. The lowest BCUT2D eigenvalue weighted by atomic mass is 10.0. The molecule has 4 rings (SSSR count). The van der Waals surface area contributed by atoms with Crippen molar-refractivity contribution in [2.75, 3.05) is 11.4 Å². The molecule has 2 aromatic rings. The van der Waals surface area contributed by atoms with E-state index in [1.54, 1.807) is 0 Å². The predicted molar refractivity (Wildman–Crippen MR) is 111 cm³/mol. The lowest BCUT2D eigenvalue weighted by Crippen LogP contribution is -2.53. The van der Waals surface area contributed by atoms with Crippen molar-refractivity contribution < 1.29 is 9.90 Å². The number of fused-ring (bicyclic) bond motifs is 2. The van der Waals surface area contributed by atoms with Gasteiger partial charge in [-0.2, -0.15) is 0 Å². The fraction of sp³-hybridized carbons (Fsp3) is 0.318. The first-order valence-corrected chi connectivity index (χ1v) is 9.67. The van der Waals surface area contributed by atoms with Crippen LogP contribution in [0.15, 0.2) is 52.4 Å². The van der Waals surface area contributed by atoms with Gasteiger partial charge in [0, 0.05) is 6.54 Å². The number of aryl methyl sites for hydroxylation is 3. The molecule has 0 bridgehead atoms. The van der Waals surface area contributed by atoms with E-state index in [1.165, 1.54) is 16.7 Å². The summed E-state index contributed by atoms with van der Waals surface area (Å²) >= 11 is 0. The minimum Gasteiger partial charge on any atom is -0.355 e. The van der Waals surface area contributed by atoms with Gasteiger partial charge in [0.15, 0.2) is 11.5 Å². The Labute approximate surface area is 164 Å². The topological polar surface area (TPSA) is 77.3 Å². The van der Waals surface area contributed by atoms with Crippen molar-refractivity contribution in [3.63, 3.8) is 0 Å². The summed E-state index contributed by atoms with van der Waals surface area (Å²) in [5.74, 6) is 0.0472. The number of hydrogen-bond donors (Lipinski definition) is 2. The molecule has 1 amide bonds. The third-order valence-corrected chi connectivity index (χ3v) is 5.09. The summed E-state index contributed by atoms with van der Waals surface area (Å²) in [6.07, 6.45) is 1.48. The number of hydrogen-bond acceptors (Lipinski definition) is 5. The van der Waals surface area contributed by atoms with Crippen LogP contribution in [0.4, 0.5) is 11.4 Å². The first kappa shape index (κ1) is 18.4. The Morgan fingerprint density at radius 2 is 2.04 bits per heavy atom. The zero-order chi connectivity index (χ0) is 19.7. The van der Waals surface area contributed by atoms with E-state index >= 15 is 0 Å². The smallest absolute Gasteiger partial charge is 0.277 e. The Morgan fingerprint density at radius 1 is 1.18 bits per heavy atom. The lowest BCUT2D eigenvalue weighted by molar-refractivity contribution is -0.117. The van der Waals surface area contributed by atoms with Gasteiger partial charge in [-0.05, 0) is 49.4 Å². The van der Waals surface area contributed by atoms with E-state index < -0.39 is 12.3 Å². The highest BCUT2D eigenvalue weighted by Crippen LogP contribution is 2.35. The van der Waals surface area contributed by atoms with Gasteiger partial charge < -0.3 is 15.3 Å². The fourth-order valence-corrected chi connectivity index (χ4v) is 3.67. The van der Waals surface area contributed by atoms with Crippen LogP contribution in [0.1, 0.15) is 30.0 Å². The quantitative estimate of drug-likeness (QED) is 0.842. The highest BCUT2D eigenvalue weighted by molar-refractivity contribution is 6.70. The first-order valence-electron chi connectivity index (χ1n) is 9.67. The zero-order valence-corrected chi connectivity index (χ0v) is 16.1. The molecule has 0 aliphatic carbocycles. The van der Waals surface area contributed by atoms with Gasteiger partial charge in [-0.3, -0.25) is 4.79 Å². The Bertz CT molecular complexity index is 980. The normalized spacial score (nSPS) is 18.0. The summed E-state index contributed by atoms with van der Waals surface area (Å²) in [4.78, 5) is 23.2. The summed E-state index contributed by atoms with van der Waals surface area (Å²) in [6, 6.07) is 14.6. The summed E-state index contributed by atoms with van der Waals surface area (Å²) in [5.41, 5.74) is 5.66. The predicted octanol–water partition coefficient (Wildman–Crippen LogP) is 2.89. The van der Waals surface area contributed by atoms with Gasteiger partial charge in [0.25, 0.3) is 5.91 Å². The van der Waals surface area contributed by atoms with E-state index in [0.717, 1.165) is 30.6 Å². The summed E-state index contributed by atoms with van der Waals surface area (Å²) in [5, 5.41) is 12.3. The summed E-state index contributed by atoms with van der Waals surface area (Å²) in [7, 11) is 0. The molecule has 2 aliphatic rings. The van der Waals surface area contributed by atoms with E-state index in [1.807, 2.05) is 17.0 Å². The Morgan fingerprint density at radius 3 is 2.82 bits per heavy atom. The molecular weight excluding hydrogens is 352 g/mol. The molecule has 0 radical (unpaired) electrons. The van der Waals surface area contributed by atoms with Crippen LogP contribution in [0.5, 0.6) is 0 Å². The number of rotatable bonds is 5. The number of aliphatic imine (C=N–C) groups is 2. The van der Waals surface area contributed by atoms with E-state index in [2.05, 4.69) is 59.5 Å². The molecule has 1 atom stereocenters. The number of carbonyl (C=O) groups excluding carboxylic acids is 1. The number of carbonyl (C=O) groups is 1. The number of amides is 1. The van der Waals surface area contributed by atoms with Crippen molar-refractivity contribution in [1.29, 1.82) is 0 Å². The number of amidine groups is 1. The third kappa shape index (κ3) is 3.55. The minimum absolute atomic E-state index is 0.265. The van der Waals surface area contributed by atoms with Crippen molar-refractivity contribution in [1.82, 2.24) is 5.32 Å². The van der Waals surface area contributed by atoms with Gasteiger partial charge >= 0.3 is 0 Å². The Hall–Kier alpha value is -2.99. The Kier molecular flexibility index (Phi) is 4.96. The summed E-state index contributed by atoms with van der Waals surface area (Å²) in [6.45, 7) is 4.87. The molecular formula is C22H24N4O2. The number of nitrogens with one attached hydrogen (secondary N) is 1. The highest BCUT2D eigenvalue weighted by atomic mass is 16.3. The van der Waals surface area contributed by atoms with Crippen LogP contribution >= 0.6 is 0 Å². The van der Waals surface area contributed by atoms with Crippen LogP contribution in [-0.4, -0.2) is 35.5 Å². The number of aliphatic hydroxyl groups excluding tert-OH is 1. The van der Waals surface area contributed by atoms with Crippen LogP contribution in [-0.2, 0) is 17.6 Å². The van der Waals surface area contributed by atoms with E-state index in [4.69, 9.17) is 0 Å². The van der Waals surface area contributed by atoms with Crippen LogP contribution < -0.4 is 10.2 Å². The molecule has 2 heterocycles. The van der Waals surface area contributed by atoms with E-state index in [9.17, 15) is 9.90 Å². The minimum atomic E-state index is -1.24. The van der Waals surface area contributed by atoms with E-state index in [-0.39, 0.29) is 5.71 Å². The van der Waals surface area contributed by atoms with Crippen LogP contribution in [0.25, 0.3) is 0 Å². The van der Waals surface area contributed by atoms with Crippen molar-refractivity contribution in [3.8, 4) is 0 Å². The van der Waals surface area contributed by atoms with Gasteiger partial charge in [-0.15, -0.1) is 0 Å². The van der Waals surface area contributed by atoms with Gasteiger partial charge in [0.05, 0.1) is 11.4 Å². The molecule has 0 saturated heterocycles. The maximum atomic E-state index is 12.4. The van der Waals surface area contributed by atoms with Crippen molar-refractivity contribution in [3.05, 3.63) is 59.2 Å². The average Bonchev–Trinajstić information content (AvgIpc) is 2.67. The molecule has 6 heteroatoms. The zero-order valence-electron chi connectivity index (χ0n) is 16.1. The molecule has 144 valence electrons.